The number of halogens is 6. The van der Waals surface area contributed by atoms with Crippen LogP contribution in [0.1, 0.15) is 11.1 Å². The molecule has 118 valence electrons. The van der Waals surface area contributed by atoms with Gasteiger partial charge in [-0.2, -0.15) is 26.3 Å². The lowest BCUT2D eigenvalue weighted by Gasteiger charge is -2.21. The van der Waals surface area contributed by atoms with Gasteiger partial charge in [0.15, 0.2) is 0 Å². The maximum absolute atomic E-state index is 13.2. The lowest BCUT2D eigenvalue weighted by molar-refractivity contribution is -0.161. The molecule has 2 nitrogen and oxygen atoms in total. The number of benzene rings is 2. The van der Waals surface area contributed by atoms with Crippen molar-refractivity contribution in [3.05, 3.63) is 47.5 Å². The lowest BCUT2D eigenvalue weighted by Crippen LogP contribution is -2.20. The summed E-state index contributed by atoms with van der Waals surface area (Å²) in [6, 6.07) is 7.05. The zero-order valence-electron chi connectivity index (χ0n) is 10.9. The van der Waals surface area contributed by atoms with E-state index in [2.05, 4.69) is 0 Å². The van der Waals surface area contributed by atoms with Crippen LogP contribution in [-0.4, -0.2) is 0 Å². The van der Waals surface area contributed by atoms with Crippen molar-refractivity contribution in [1.82, 2.24) is 0 Å². The van der Waals surface area contributed by atoms with Gasteiger partial charge in [-0.25, -0.2) is 0 Å². The van der Waals surface area contributed by atoms with E-state index in [9.17, 15) is 26.3 Å². The molecule has 0 heterocycles. The van der Waals surface area contributed by atoms with Crippen molar-refractivity contribution in [1.29, 1.82) is 0 Å². The molecule has 22 heavy (non-hydrogen) atoms. The third-order valence-corrected chi connectivity index (χ3v) is 3.06. The number of hydrogen-bond acceptors (Lipinski definition) is 2. The minimum Gasteiger partial charge on any atom is -0.398 e. The first-order chi connectivity index (χ1) is 10.0. The number of rotatable bonds is 1. The van der Waals surface area contributed by atoms with E-state index in [0.29, 0.717) is 0 Å². The van der Waals surface area contributed by atoms with Gasteiger partial charge in [0.05, 0.1) is 11.1 Å². The molecule has 0 bridgehead atoms. The molecule has 0 spiro atoms. The molecule has 0 amide bonds. The van der Waals surface area contributed by atoms with Crippen molar-refractivity contribution in [2.24, 2.45) is 0 Å². The molecule has 2 aromatic carbocycles. The Labute approximate surface area is 121 Å². The molecule has 0 aliphatic carbocycles. The van der Waals surface area contributed by atoms with Crippen LogP contribution in [0.4, 0.5) is 37.7 Å². The molecule has 2 aromatic rings. The fraction of sp³-hybridized carbons (Fsp3) is 0.143. The fourth-order valence-corrected chi connectivity index (χ4v) is 2.19. The average molecular weight is 320 g/mol. The van der Waals surface area contributed by atoms with Gasteiger partial charge < -0.3 is 11.5 Å². The Morgan fingerprint density at radius 1 is 0.591 bits per heavy atom. The van der Waals surface area contributed by atoms with Gasteiger partial charge in [-0.15, -0.1) is 0 Å². The molecule has 0 fully saturated rings. The highest BCUT2D eigenvalue weighted by atomic mass is 19.4. The summed E-state index contributed by atoms with van der Waals surface area (Å²) in [5.41, 5.74) is 5.13. The van der Waals surface area contributed by atoms with Crippen LogP contribution in [0.3, 0.4) is 0 Å². The van der Waals surface area contributed by atoms with E-state index >= 15 is 0 Å². The Morgan fingerprint density at radius 2 is 1.14 bits per heavy atom. The second-order valence-corrected chi connectivity index (χ2v) is 4.54. The zero-order valence-corrected chi connectivity index (χ0v) is 10.9. The molecular weight excluding hydrogens is 310 g/mol. The maximum atomic E-state index is 13.2. The van der Waals surface area contributed by atoms with Crippen molar-refractivity contribution in [3.63, 3.8) is 0 Å². The SMILES string of the molecule is Nc1ccccc1-c1ccc(N)c(C(F)(F)F)c1C(F)(F)F. The van der Waals surface area contributed by atoms with Crippen molar-refractivity contribution in [2.75, 3.05) is 11.5 Å². The Morgan fingerprint density at radius 3 is 1.64 bits per heavy atom. The Balaban J connectivity index is 2.91. The quantitative estimate of drug-likeness (QED) is 0.598. The van der Waals surface area contributed by atoms with Gasteiger partial charge >= 0.3 is 12.4 Å². The van der Waals surface area contributed by atoms with Gasteiger partial charge in [0.25, 0.3) is 0 Å². The average Bonchev–Trinajstić information content (AvgIpc) is 2.37. The van der Waals surface area contributed by atoms with E-state index in [1.54, 1.807) is 0 Å². The molecule has 0 aromatic heterocycles. The summed E-state index contributed by atoms with van der Waals surface area (Å²) in [7, 11) is 0. The van der Waals surface area contributed by atoms with Gasteiger partial charge in [-0.05, 0) is 17.7 Å². The first kappa shape index (κ1) is 16.0. The van der Waals surface area contributed by atoms with Crippen LogP contribution in [-0.2, 0) is 12.4 Å². The molecule has 2 rings (SSSR count). The van der Waals surface area contributed by atoms with Crippen LogP contribution in [0.2, 0.25) is 0 Å². The molecule has 0 atom stereocenters. The van der Waals surface area contributed by atoms with Crippen molar-refractivity contribution in [2.45, 2.75) is 12.4 Å². The summed E-state index contributed by atoms with van der Waals surface area (Å²) < 4.78 is 78.8. The smallest absolute Gasteiger partial charge is 0.398 e. The highest BCUT2D eigenvalue weighted by Gasteiger charge is 2.46. The monoisotopic (exact) mass is 320 g/mol. The van der Waals surface area contributed by atoms with Crippen LogP contribution in [0, 0.1) is 0 Å². The highest BCUT2D eigenvalue weighted by molar-refractivity contribution is 5.81. The molecule has 0 aliphatic rings. The van der Waals surface area contributed by atoms with Crippen LogP contribution >= 0.6 is 0 Å². The second kappa shape index (κ2) is 5.11. The molecule has 4 N–H and O–H groups in total. The number of nitrogen functional groups attached to an aromatic ring is 2. The summed E-state index contributed by atoms with van der Waals surface area (Å²) in [6.45, 7) is 0. The van der Waals surface area contributed by atoms with Gasteiger partial charge in [0.1, 0.15) is 0 Å². The molecule has 0 saturated carbocycles. The first-order valence-electron chi connectivity index (χ1n) is 5.95. The number of para-hydroxylation sites is 1. The summed E-state index contributed by atoms with van der Waals surface area (Å²) >= 11 is 0. The van der Waals surface area contributed by atoms with Gasteiger partial charge in [0, 0.05) is 16.9 Å². The zero-order chi connectivity index (χ0) is 16.7. The summed E-state index contributed by atoms with van der Waals surface area (Å²) in [4.78, 5) is 0. The number of hydrogen-bond donors (Lipinski definition) is 2. The van der Waals surface area contributed by atoms with Crippen molar-refractivity contribution < 1.29 is 26.3 Å². The van der Waals surface area contributed by atoms with Crippen LogP contribution in [0.5, 0.6) is 0 Å². The normalized spacial score (nSPS) is 12.5. The maximum Gasteiger partial charge on any atom is 0.419 e. The highest BCUT2D eigenvalue weighted by Crippen LogP contribution is 2.48. The molecule has 0 unspecified atom stereocenters. The van der Waals surface area contributed by atoms with E-state index in [0.717, 1.165) is 12.1 Å². The molecule has 0 aliphatic heterocycles. The predicted octanol–water partition coefficient (Wildman–Crippen LogP) is 4.56. The molecular formula is C14H10F6N2. The van der Waals surface area contributed by atoms with E-state index in [1.165, 1.54) is 24.3 Å². The van der Waals surface area contributed by atoms with Crippen LogP contribution in [0.15, 0.2) is 36.4 Å². The van der Waals surface area contributed by atoms with Gasteiger partial charge in [-0.3, -0.25) is 0 Å². The standard InChI is InChI=1S/C14H10F6N2/c15-13(16,17)11-8(7-3-1-2-4-9(7)21)5-6-10(22)12(11)14(18,19)20/h1-6H,21-22H2. The predicted molar refractivity (Wildman–Crippen MR) is 70.7 cm³/mol. The molecule has 0 radical (unpaired) electrons. The first-order valence-corrected chi connectivity index (χ1v) is 5.95. The van der Waals surface area contributed by atoms with Crippen LogP contribution < -0.4 is 11.5 Å². The Hall–Kier alpha value is -2.38. The Kier molecular flexibility index (Phi) is 3.72. The van der Waals surface area contributed by atoms with E-state index in [1.807, 2.05) is 0 Å². The molecule has 8 heteroatoms. The van der Waals surface area contributed by atoms with Crippen molar-refractivity contribution >= 4 is 11.4 Å². The lowest BCUT2D eigenvalue weighted by atomic mass is 9.92. The summed E-state index contributed by atoms with van der Waals surface area (Å²) in [6.07, 6.45) is -10.5. The fourth-order valence-electron chi connectivity index (χ4n) is 2.19. The third-order valence-electron chi connectivity index (χ3n) is 3.06. The van der Waals surface area contributed by atoms with E-state index in [4.69, 9.17) is 11.5 Å². The largest absolute Gasteiger partial charge is 0.419 e. The number of nitrogens with two attached hydrogens (primary N) is 2. The third kappa shape index (κ3) is 2.81. The topological polar surface area (TPSA) is 52.0 Å². The minimum absolute atomic E-state index is 0.0640. The number of anilines is 2. The van der Waals surface area contributed by atoms with E-state index in [-0.39, 0.29) is 11.3 Å². The summed E-state index contributed by atoms with van der Waals surface area (Å²) in [5, 5.41) is 0. The Bertz CT molecular complexity index is 703. The second-order valence-electron chi connectivity index (χ2n) is 4.54. The summed E-state index contributed by atoms with van der Waals surface area (Å²) in [5.74, 6) is 0. The molecule has 0 saturated heterocycles. The number of alkyl halides is 6. The van der Waals surface area contributed by atoms with Gasteiger partial charge in [-0.1, -0.05) is 24.3 Å². The van der Waals surface area contributed by atoms with E-state index < -0.39 is 34.7 Å². The van der Waals surface area contributed by atoms with Crippen molar-refractivity contribution in [3.8, 4) is 11.1 Å². The van der Waals surface area contributed by atoms with Gasteiger partial charge in [0.2, 0.25) is 0 Å². The minimum atomic E-state index is -5.24. The van der Waals surface area contributed by atoms with Crippen LogP contribution in [0.25, 0.3) is 11.1 Å².